The summed E-state index contributed by atoms with van der Waals surface area (Å²) in [7, 11) is 1.41. The second-order valence-electron chi connectivity index (χ2n) is 4.02. The molecule has 1 aromatic heterocycles. The standard InChI is InChI=1S/C14H15NO2/c1-10-6-7-11-4-3-5-12(14(11)15-10)8-9-13(16)17-2/h3-7H,8-9H2,1-2H3. The molecule has 0 amide bonds. The highest BCUT2D eigenvalue weighted by Gasteiger charge is 2.06. The van der Waals surface area contributed by atoms with Gasteiger partial charge in [0.25, 0.3) is 0 Å². The molecule has 0 bridgehead atoms. The normalized spacial score (nSPS) is 10.5. The molecule has 0 aliphatic carbocycles. The summed E-state index contributed by atoms with van der Waals surface area (Å²) in [6, 6.07) is 10.1. The molecule has 3 heteroatoms. The molecule has 0 fully saturated rings. The van der Waals surface area contributed by atoms with Gasteiger partial charge in [-0.25, -0.2) is 0 Å². The number of benzene rings is 1. The fourth-order valence-electron chi connectivity index (χ4n) is 1.85. The van der Waals surface area contributed by atoms with Crippen molar-refractivity contribution in [3.8, 4) is 0 Å². The smallest absolute Gasteiger partial charge is 0.305 e. The van der Waals surface area contributed by atoms with Gasteiger partial charge in [0.05, 0.1) is 12.6 Å². The van der Waals surface area contributed by atoms with Gasteiger partial charge in [-0.2, -0.15) is 0 Å². The van der Waals surface area contributed by atoms with Gasteiger partial charge in [-0.1, -0.05) is 24.3 Å². The van der Waals surface area contributed by atoms with E-state index in [1.54, 1.807) is 0 Å². The van der Waals surface area contributed by atoms with Gasteiger partial charge in [0.2, 0.25) is 0 Å². The molecule has 0 saturated carbocycles. The van der Waals surface area contributed by atoms with Gasteiger partial charge in [-0.05, 0) is 25.0 Å². The van der Waals surface area contributed by atoms with Crippen molar-refractivity contribution in [3.05, 3.63) is 41.6 Å². The summed E-state index contributed by atoms with van der Waals surface area (Å²) < 4.78 is 4.65. The fourth-order valence-corrected chi connectivity index (χ4v) is 1.85. The van der Waals surface area contributed by atoms with Crippen molar-refractivity contribution in [1.29, 1.82) is 0 Å². The highest BCUT2D eigenvalue weighted by atomic mass is 16.5. The van der Waals surface area contributed by atoms with E-state index in [-0.39, 0.29) is 5.97 Å². The molecule has 88 valence electrons. The number of ether oxygens (including phenoxy) is 1. The number of para-hydroxylation sites is 1. The third-order valence-electron chi connectivity index (χ3n) is 2.77. The average molecular weight is 229 g/mol. The summed E-state index contributed by atoms with van der Waals surface area (Å²) in [5.41, 5.74) is 3.07. The number of pyridine rings is 1. The van der Waals surface area contributed by atoms with E-state index in [2.05, 4.69) is 15.8 Å². The van der Waals surface area contributed by atoms with Gasteiger partial charge in [0.1, 0.15) is 0 Å². The zero-order chi connectivity index (χ0) is 12.3. The second-order valence-corrected chi connectivity index (χ2v) is 4.02. The maximum Gasteiger partial charge on any atom is 0.305 e. The Morgan fingerprint density at radius 2 is 2.12 bits per heavy atom. The predicted molar refractivity (Wildman–Crippen MR) is 66.8 cm³/mol. The molecule has 2 rings (SSSR count). The highest BCUT2D eigenvalue weighted by molar-refractivity contribution is 5.82. The number of fused-ring (bicyclic) bond motifs is 1. The first-order chi connectivity index (χ1) is 8.20. The lowest BCUT2D eigenvalue weighted by Crippen LogP contribution is -2.02. The van der Waals surface area contributed by atoms with Crippen LogP contribution in [0.3, 0.4) is 0 Å². The van der Waals surface area contributed by atoms with Crippen molar-refractivity contribution < 1.29 is 9.53 Å². The molecule has 0 radical (unpaired) electrons. The number of nitrogens with zero attached hydrogens (tertiary/aromatic N) is 1. The average Bonchev–Trinajstić information content (AvgIpc) is 2.35. The summed E-state index contributed by atoms with van der Waals surface area (Å²) in [6.07, 6.45) is 1.06. The largest absolute Gasteiger partial charge is 0.469 e. The molecule has 2 aromatic rings. The third kappa shape index (κ3) is 2.61. The van der Waals surface area contributed by atoms with Gasteiger partial charge in [0.15, 0.2) is 0 Å². The number of carbonyl (C=O) groups is 1. The van der Waals surface area contributed by atoms with Crippen molar-refractivity contribution in [2.75, 3.05) is 7.11 Å². The Bertz CT molecular complexity index is 549. The molecular formula is C14H15NO2. The molecular weight excluding hydrogens is 214 g/mol. The molecule has 0 aliphatic rings. The van der Waals surface area contributed by atoms with E-state index in [1.165, 1.54) is 7.11 Å². The number of hydrogen-bond acceptors (Lipinski definition) is 3. The molecule has 0 aliphatic heterocycles. The zero-order valence-corrected chi connectivity index (χ0v) is 10.1. The lowest BCUT2D eigenvalue weighted by molar-refractivity contribution is -0.140. The van der Waals surface area contributed by atoms with E-state index in [1.807, 2.05) is 31.2 Å². The van der Waals surface area contributed by atoms with Crippen molar-refractivity contribution >= 4 is 16.9 Å². The monoisotopic (exact) mass is 229 g/mol. The first kappa shape index (κ1) is 11.6. The minimum absolute atomic E-state index is 0.186. The predicted octanol–water partition coefficient (Wildman–Crippen LogP) is 2.65. The Kier molecular flexibility index (Phi) is 3.38. The molecule has 0 atom stereocenters. The van der Waals surface area contributed by atoms with E-state index in [4.69, 9.17) is 0 Å². The van der Waals surface area contributed by atoms with Crippen molar-refractivity contribution in [2.24, 2.45) is 0 Å². The lowest BCUT2D eigenvalue weighted by Gasteiger charge is -2.06. The summed E-state index contributed by atoms with van der Waals surface area (Å²) in [5, 5.41) is 1.11. The highest BCUT2D eigenvalue weighted by Crippen LogP contribution is 2.18. The minimum Gasteiger partial charge on any atom is -0.469 e. The molecule has 1 aromatic carbocycles. The van der Waals surface area contributed by atoms with Crippen LogP contribution in [-0.4, -0.2) is 18.1 Å². The van der Waals surface area contributed by atoms with Gasteiger partial charge < -0.3 is 4.74 Å². The van der Waals surface area contributed by atoms with Crippen LogP contribution < -0.4 is 0 Å². The summed E-state index contributed by atoms with van der Waals surface area (Å²) in [6.45, 7) is 1.97. The fraction of sp³-hybridized carbons (Fsp3) is 0.286. The number of aryl methyl sites for hydroxylation is 2. The summed E-state index contributed by atoms with van der Waals surface area (Å²) >= 11 is 0. The van der Waals surface area contributed by atoms with Gasteiger partial charge >= 0.3 is 5.97 Å². The van der Waals surface area contributed by atoms with Crippen LogP contribution in [0.5, 0.6) is 0 Å². The SMILES string of the molecule is COC(=O)CCc1cccc2ccc(C)nc12. The number of esters is 1. The lowest BCUT2D eigenvalue weighted by atomic mass is 10.0. The van der Waals surface area contributed by atoms with E-state index in [9.17, 15) is 4.79 Å². The molecule has 1 heterocycles. The van der Waals surface area contributed by atoms with Crippen LogP contribution >= 0.6 is 0 Å². The molecule has 0 N–H and O–H groups in total. The number of carbonyl (C=O) groups excluding carboxylic acids is 1. The quantitative estimate of drug-likeness (QED) is 0.759. The molecule has 3 nitrogen and oxygen atoms in total. The Hall–Kier alpha value is -1.90. The Morgan fingerprint density at radius 1 is 1.29 bits per heavy atom. The van der Waals surface area contributed by atoms with Crippen LogP contribution in [0.25, 0.3) is 10.9 Å². The summed E-state index contributed by atoms with van der Waals surface area (Å²) in [5.74, 6) is -0.186. The molecule has 0 saturated heterocycles. The maximum atomic E-state index is 11.1. The number of aromatic nitrogens is 1. The molecule has 0 spiro atoms. The first-order valence-electron chi connectivity index (χ1n) is 5.63. The van der Waals surface area contributed by atoms with Crippen LogP contribution in [0.2, 0.25) is 0 Å². The van der Waals surface area contributed by atoms with E-state index in [0.717, 1.165) is 22.2 Å². The Labute approximate surface area is 100 Å². The Balaban J connectivity index is 2.33. The second kappa shape index (κ2) is 4.95. The van der Waals surface area contributed by atoms with Crippen LogP contribution in [0.4, 0.5) is 0 Å². The van der Waals surface area contributed by atoms with Crippen molar-refractivity contribution in [2.45, 2.75) is 19.8 Å². The van der Waals surface area contributed by atoms with Gasteiger partial charge in [-0.15, -0.1) is 0 Å². The van der Waals surface area contributed by atoms with Crippen LogP contribution in [0, 0.1) is 6.92 Å². The number of rotatable bonds is 3. The minimum atomic E-state index is -0.186. The van der Waals surface area contributed by atoms with Crippen LogP contribution in [-0.2, 0) is 16.0 Å². The van der Waals surface area contributed by atoms with Crippen molar-refractivity contribution in [1.82, 2.24) is 4.98 Å². The number of hydrogen-bond donors (Lipinski definition) is 0. The maximum absolute atomic E-state index is 11.1. The van der Waals surface area contributed by atoms with Crippen molar-refractivity contribution in [3.63, 3.8) is 0 Å². The van der Waals surface area contributed by atoms with Crippen LogP contribution in [0.1, 0.15) is 17.7 Å². The van der Waals surface area contributed by atoms with E-state index in [0.29, 0.717) is 12.8 Å². The number of methoxy groups -OCH3 is 1. The van der Waals surface area contributed by atoms with E-state index < -0.39 is 0 Å². The topological polar surface area (TPSA) is 39.2 Å². The van der Waals surface area contributed by atoms with E-state index >= 15 is 0 Å². The summed E-state index contributed by atoms with van der Waals surface area (Å²) in [4.78, 5) is 15.7. The van der Waals surface area contributed by atoms with Crippen LogP contribution in [0.15, 0.2) is 30.3 Å². The Morgan fingerprint density at radius 3 is 2.88 bits per heavy atom. The molecule has 17 heavy (non-hydrogen) atoms. The zero-order valence-electron chi connectivity index (χ0n) is 10.1. The molecule has 0 unspecified atom stereocenters. The third-order valence-corrected chi connectivity index (χ3v) is 2.77. The van der Waals surface area contributed by atoms with Gasteiger partial charge in [-0.3, -0.25) is 9.78 Å². The van der Waals surface area contributed by atoms with Gasteiger partial charge in [0, 0.05) is 17.5 Å². The first-order valence-corrected chi connectivity index (χ1v) is 5.63.